The van der Waals surface area contributed by atoms with E-state index in [1.807, 2.05) is 0 Å². The van der Waals surface area contributed by atoms with Crippen LogP contribution in [0.15, 0.2) is 50.7 Å². The molecule has 2 aliphatic heterocycles. The fourth-order valence-electron chi connectivity index (χ4n) is 3.16. The Bertz CT molecular complexity index is 989. The number of hydrogen-bond donors (Lipinski definition) is 1. The molecule has 0 spiro atoms. The molecule has 1 N–H and O–H groups in total. The van der Waals surface area contributed by atoms with Crippen LogP contribution < -0.4 is 4.90 Å². The monoisotopic (exact) mass is 399 g/mol. The zero-order valence-electron chi connectivity index (χ0n) is 15.3. The number of benzene rings is 1. The van der Waals surface area contributed by atoms with Crippen LogP contribution in [0.2, 0.25) is 0 Å². The summed E-state index contributed by atoms with van der Waals surface area (Å²) in [6, 6.07) is 9.77. The van der Waals surface area contributed by atoms with E-state index in [2.05, 4.69) is 16.9 Å². The first-order chi connectivity index (χ1) is 13.5. The number of furan rings is 1. The molecule has 9 heteroatoms. The summed E-state index contributed by atoms with van der Waals surface area (Å²) in [6.45, 7) is 3.79. The number of piperazine rings is 1. The van der Waals surface area contributed by atoms with Gasteiger partial charge in [-0.25, -0.2) is 0 Å². The fraction of sp³-hybridized carbons (Fsp3) is 0.263. The third kappa shape index (κ3) is 3.71. The van der Waals surface area contributed by atoms with Crippen molar-refractivity contribution >= 4 is 34.6 Å². The molecular formula is C19H19N4O4S+. The second-order valence-corrected chi connectivity index (χ2v) is 7.74. The van der Waals surface area contributed by atoms with Crippen molar-refractivity contribution in [3.05, 3.63) is 57.2 Å². The zero-order valence-corrected chi connectivity index (χ0v) is 16.1. The van der Waals surface area contributed by atoms with Gasteiger partial charge in [-0.05, 0) is 30.0 Å². The molecule has 144 valence electrons. The van der Waals surface area contributed by atoms with E-state index in [0.29, 0.717) is 22.0 Å². The van der Waals surface area contributed by atoms with Crippen molar-refractivity contribution in [1.82, 2.24) is 4.90 Å². The normalized spacial score (nSPS) is 19.3. The lowest BCUT2D eigenvalue weighted by atomic mass is 10.1. The highest BCUT2D eigenvalue weighted by Crippen LogP contribution is 2.34. The second-order valence-electron chi connectivity index (χ2n) is 6.73. The molecule has 4 rings (SSSR count). The number of nitro benzene ring substituents is 1. The van der Waals surface area contributed by atoms with Gasteiger partial charge in [-0.15, -0.1) is 0 Å². The van der Waals surface area contributed by atoms with Gasteiger partial charge in [-0.1, -0.05) is 12.1 Å². The third-order valence-electron chi connectivity index (χ3n) is 4.76. The lowest BCUT2D eigenvalue weighted by Gasteiger charge is -2.30. The van der Waals surface area contributed by atoms with E-state index in [-0.39, 0.29) is 11.6 Å². The number of aliphatic imine (C=N–C) groups is 1. The summed E-state index contributed by atoms with van der Waals surface area (Å²) < 4.78 is 5.75. The van der Waals surface area contributed by atoms with E-state index < -0.39 is 4.92 Å². The first kappa shape index (κ1) is 18.5. The van der Waals surface area contributed by atoms with Gasteiger partial charge in [0.15, 0.2) is 5.17 Å². The van der Waals surface area contributed by atoms with Crippen LogP contribution >= 0.6 is 11.8 Å². The minimum Gasteiger partial charge on any atom is -0.456 e. The maximum atomic E-state index is 12.3. The fourth-order valence-corrected chi connectivity index (χ4v) is 4.10. The highest BCUT2D eigenvalue weighted by Gasteiger charge is 2.29. The summed E-state index contributed by atoms with van der Waals surface area (Å²) in [7, 11) is 2.16. The van der Waals surface area contributed by atoms with Crippen molar-refractivity contribution in [3.8, 4) is 11.3 Å². The van der Waals surface area contributed by atoms with Crippen LogP contribution in [0.5, 0.6) is 0 Å². The number of nitrogens with zero attached hydrogens (tertiary/aromatic N) is 3. The summed E-state index contributed by atoms with van der Waals surface area (Å²) in [5.74, 6) is 0.566. The van der Waals surface area contributed by atoms with E-state index in [1.54, 1.807) is 36.4 Å². The lowest BCUT2D eigenvalue weighted by molar-refractivity contribution is -0.883. The van der Waals surface area contributed by atoms with Gasteiger partial charge in [0.25, 0.3) is 11.6 Å². The molecule has 1 fully saturated rings. The predicted octanol–water partition coefficient (Wildman–Crippen LogP) is 1.66. The van der Waals surface area contributed by atoms with Crippen LogP contribution in [-0.2, 0) is 4.79 Å². The highest BCUT2D eigenvalue weighted by molar-refractivity contribution is 8.18. The van der Waals surface area contributed by atoms with Gasteiger partial charge < -0.3 is 14.2 Å². The van der Waals surface area contributed by atoms with Crippen molar-refractivity contribution in [2.75, 3.05) is 33.2 Å². The second kappa shape index (κ2) is 7.61. The Kier molecular flexibility index (Phi) is 5.01. The van der Waals surface area contributed by atoms with Crippen LogP contribution in [0.3, 0.4) is 0 Å². The Labute approximate surface area is 165 Å². The van der Waals surface area contributed by atoms with Crippen LogP contribution in [0, 0.1) is 10.1 Å². The summed E-state index contributed by atoms with van der Waals surface area (Å²) in [6.07, 6.45) is 1.64. The minimum atomic E-state index is -0.440. The molecule has 1 saturated heterocycles. The first-order valence-corrected chi connectivity index (χ1v) is 9.75. The number of thioether (sulfide) groups is 1. The number of carbonyl (C=O) groups excluding carboxylic acids is 1. The number of nitro groups is 1. The van der Waals surface area contributed by atoms with Gasteiger partial charge in [0, 0.05) is 12.1 Å². The Morgan fingerprint density at radius 3 is 2.75 bits per heavy atom. The third-order valence-corrected chi connectivity index (χ3v) is 5.81. The van der Waals surface area contributed by atoms with Crippen molar-refractivity contribution < 1.29 is 19.0 Å². The first-order valence-electron chi connectivity index (χ1n) is 8.94. The van der Waals surface area contributed by atoms with Gasteiger partial charge >= 0.3 is 0 Å². The minimum absolute atomic E-state index is 0.0230. The standard InChI is InChI=1S/C19H18N4O4S/c1-21-8-10-22(11-9-21)19-20-18(24)17(28-19)12-13-6-7-16(27-13)14-4-2-3-5-15(14)23(25)26/h2-7,12H,8-11H2,1H3/p+1/b17-12+. The highest BCUT2D eigenvalue weighted by atomic mass is 32.2. The Balaban J connectivity index is 1.52. The lowest BCUT2D eigenvalue weighted by Crippen LogP contribution is -3.12. The van der Waals surface area contributed by atoms with E-state index >= 15 is 0 Å². The number of para-hydroxylation sites is 1. The summed E-state index contributed by atoms with van der Waals surface area (Å²) in [5.41, 5.74) is 0.379. The number of amides is 1. The average Bonchev–Trinajstić information content (AvgIpc) is 3.30. The number of rotatable bonds is 3. The Morgan fingerprint density at radius 2 is 2.00 bits per heavy atom. The summed E-state index contributed by atoms with van der Waals surface area (Å²) >= 11 is 1.34. The van der Waals surface area contributed by atoms with Crippen LogP contribution in [0.25, 0.3) is 17.4 Å². The van der Waals surface area contributed by atoms with Gasteiger partial charge in [0.2, 0.25) is 0 Å². The molecule has 1 amide bonds. The molecule has 0 radical (unpaired) electrons. The molecule has 2 aliphatic rings. The molecule has 1 aromatic carbocycles. The van der Waals surface area contributed by atoms with Crippen molar-refractivity contribution in [3.63, 3.8) is 0 Å². The molecule has 28 heavy (non-hydrogen) atoms. The number of amidine groups is 1. The number of quaternary nitrogens is 1. The molecule has 0 saturated carbocycles. The quantitative estimate of drug-likeness (QED) is 0.479. The van der Waals surface area contributed by atoms with Gasteiger partial charge in [0.1, 0.15) is 11.5 Å². The molecule has 0 bridgehead atoms. The van der Waals surface area contributed by atoms with Crippen LogP contribution in [0.1, 0.15) is 5.76 Å². The molecule has 3 heterocycles. The average molecular weight is 399 g/mol. The van der Waals surface area contributed by atoms with E-state index in [9.17, 15) is 14.9 Å². The van der Waals surface area contributed by atoms with Gasteiger partial charge in [-0.3, -0.25) is 14.9 Å². The number of nitrogens with one attached hydrogen (secondary N) is 1. The molecule has 1 aromatic heterocycles. The SMILES string of the molecule is C[NH+]1CCN(C2=NC(=O)/C(=C\c3ccc(-c4ccccc4[N+](=O)[O-])o3)S2)CC1. The molecule has 8 nitrogen and oxygen atoms in total. The van der Waals surface area contributed by atoms with Crippen LogP contribution in [0.4, 0.5) is 5.69 Å². The van der Waals surface area contributed by atoms with Crippen molar-refractivity contribution in [2.45, 2.75) is 0 Å². The number of carbonyl (C=O) groups is 1. The number of likely N-dealkylation sites (N-methyl/N-ethyl adjacent to an activating group) is 1. The Hall–Kier alpha value is -2.91. The summed E-state index contributed by atoms with van der Waals surface area (Å²) in [5, 5.41) is 11.9. The van der Waals surface area contributed by atoms with Crippen molar-refractivity contribution in [1.29, 1.82) is 0 Å². The van der Waals surface area contributed by atoms with Crippen molar-refractivity contribution in [2.24, 2.45) is 4.99 Å². The predicted molar refractivity (Wildman–Crippen MR) is 107 cm³/mol. The Morgan fingerprint density at radius 1 is 1.25 bits per heavy atom. The largest absolute Gasteiger partial charge is 0.456 e. The van der Waals surface area contributed by atoms with Gasteiger partial charge in [0.05, 0.1) is 48.6 Å². The molecule has 2 aromatic rings. The maximum Gasteiger partial charge on any atom is 0.286 e. The van der Waals surface area contributed by atoms with Gasteiger partial charge in [-0.2, -0.15) is 4.99 Å². The van der Waals surface area contributed by atoms with E-state index in [1.165, 1.54) is 22.7 Å². The molecule has 0 atom stereocenters. The number of hydrogen-bond acceptors (Lipinski definition) is 6. The summed E-state index contributed by atoms with van der Waals surface area (Å²) in [4.78, 5) is 31.3. The molecule has 0 aliphatic carbocycles. The zero-order chi connectivity index (χ0) is 19.7. The maximum absolute atomic E-state index is 12.3. The molecular weight excluding hydrogens is 380 g/mol. The van der Waals surface area contributed by atoms with Crippen LogP contribution in [-0.4, -0.2) is 54.1 Å². The topological polar surface area (TPSA) is 93.4 Å². The smallest absolute Gasteiger partial charge is 0.286 e. The van der Waals surface area contributed by atoms with E-state index in [4.69, 9.17) is 4.42 Å². The molecule has 0 unspecified atom stereocenters. The van der Waals surface area contributed by atoms with E-state index in [0.717, 1.165) is 31.3 Å².